The maximum absolute atomic E-state index is 2.57. The van der Waals surface area contributed by atoms with Crippen molar-refractivity contribution in [2.24, 2.45) is 22.2 Å². The Morgan fingerprint density at radius 3 is 1.93 bits per heavy atom. The van der Waals surface area contributed by atoms with Crippen molar-refractivity contribution in [3.63, 3.8) is 0 Å². The Labute approximate surface area is 88.5 Å². The summed E-state index contributed by atoms with van der Waals surface area (Å²) in [5, 5.41) is 0. The highest BCUT2D eigenvalue weighted by Gasteiger charge is 2.59. The van der Waals surface area contributed by atoms with Crippen LogP contribution in [0.5, 0.6) is 0 Å². The third kappa shape index (κ3) is 1.12. The first-order valence-corrected chi connectivity index (χ1v) is 6.47. The average Bonchev–Trinajstić information content (AvgIpc) is 1.97. The second-order valence-electron chi connectivity index (χ2n) is 7.48. The van der Waals surface area contributed by atoms with Gasteiger partial charge in [-0.25, -0.2) is 0 Å². The molecule has 2 unspecified atom stereocenters. The molecule has 0 aromatic carbocycles. The van der Waals surface area contributed by atoms with E-state index in [1.165, 1.54) is 12.8 Å². The van der Waals surface area contributed by atoms with E-state index in [2.05, 4.69) is 20.8 Å². The molecule has 0 aliphatic heterocycles. The molecule has 14 heavy (non-hydrogen) atoms. The maximum Gasteiger partial charge on any atom is -0.0287 e. The summed E-state index contributed by atoms with van der Waals surface area (Å²) in [7, 11) is 0. The zero-order chi connectivity index (χ0) is 10.0. The average molecular weight is 192 g/mol. The van der Waals surface area contributed by atoms with Gasteiger partial charge in [-0.2, -0.15) is 0 Å². The molecule has 0 N–H and O–H groups in total. The fraction of sp³-hybridized carbons (Fsp3) is 1.00. The molecule has 4 aliphatic carbocycles. The summed E-state index contributed by atoms with van der Waals surface area (Å²) < 4.78 is 0. The van der Waals surface area contributed by atoms with E-state index >= 15 is 0 Å². The number of rotatable bonds is 1. The van der Waals surface area contributed by atoms with E-state index in [1.54, 1.807) is 32.1 Å². The van der Waals surface area contributed by atoms with E-state index in [4.69, 9.17) is 0 Å². The van der Waals surface area contributed by atoms with Gasteiger partial charge < -0.3 is 0 Å². The van der Waals surface area contributed by atoms with Crippen molar-refractivity contribution in [2.45, 2.75) is 65.7 Å². The van der Waals surface area contributed by atoms with Gasteiger partial charge in [0.2, 0.25) is 0 Å². The molecule has 80 valence electrons. The van der Waals surface area contributed by atoms with E-state index in [1.807, 2.05) is 0 Å². The van der Waals surface area contributed by atoms with E-state index < -0.39 is 0 Å². The minimum absolute atomic E-state index is 0.726. The second kappa shape index (κ2) is 2.39. The Bertz CT molecular complexity index is 247. The fourth-order valence-corrected chi connectivity index (χ4v) is 6.08. The summed E-state index contributed by atoms with van der Waals surface area (Å²) in [6.45, 7) is 7.57. The van der Waals surface area contributed by atoms with Crippen LogP contribution in [-0.2, 0) is 0 Å². The molecule has 2 atom stereocenters. The Kier molecular flexibility index (Phi) is 1.58. The van der Waals surface area contributed by atoms with Gasteiger partial charge in [0.15, 0.2) is 0 Å². The summed E-state index contributed by atoms with van der Waals surface area (Å²) in [4.78, 5) is 0. The van der Waals surface area contributed by atoms with Gasteiger partial charge in [0.25, 0.3) is 0 Å². The fourth-order valence-electron chi connectivity index (χ4n) is 6.08. The minimum Gasteiger partial charge on any atom is -0.0649 e. The summed E-state index contributed by atoms with van der Waals surface area (Å²) in [6.07, 6.45) is 10.7. The van der Waals surface area contributed by atoms with Gasteiger partial charge in [0.1, 0.15) is 0 Å². The van der Waals surface area contributed by atoms with Crippen LogP contribution in [0.4, 0.5) is 0 Å². The molecule has 4 saturated carbocycles. The van der Waals surface area contributed by atoms with Crippen molar-refractivity contribution in [3.8, 4) is 0 Å². The highest BCUT2D eigenvalue weighted by Crippen LogP contribution is 2.70. The van der Waals surface area contributed by atoms with Crippen molar-refractivity contribution < 1.29 is 0 Å². The van der Waals surface area contributed by atoms with Crippen molar-refractivity contribution in [1.29, 1.82) is 0 Å². The monoisotopic (exact) mass is 192 g/mol. The van der Waals surface area contributed by atoms with Gasteiger partial charge in [0, 0.05) is 0 Å². The van der Waals surface area contributed by atoms with Crippen LogP contribution in [0.15, 0.2) is 0 Å². The number of hydrogen-bond donors (Lipinski definition) is 0. The lowest BCUT2D eigenvalue weighted by Gasteiger charge is -2.65. The van der Waals surface area contributed by atoms with Gasteiger partial charge in [-0.1, -0.05) is 27.2 Å². The van der Waals surface area contributed by atoms with Gasteiger partial charge >= 0.3 is 0 Å². The first-order chi connectivity index (χ1) is 6.47. The smallest absolute Gasteiger partial charge is 0.0287 e. The molecule has 4 aliphatic rings. The summed E-state index contributed by atoms with van der Waals surface area (Å²) in [6, 6.07) is 0. The van der Waals surface area contributed by atoms with Gasteiger partial charge in [-0.15, -0.1) is 0 Å². The lowest BCUT2D eigenvalue weighted by Crippen LogP contribution is -2.54. The molecule has 0 heterocycles. The normalized spacial score (nSPS) is 60.6. The largest absolute Gasteiger partial charge is 0.0649 e. The quantitative estimate of drug-likeness (QED) is 0.578. The predicted molar refractivity (Wildman–Crippen MR) is 60.1 cm³/mol. The first kappa shape index (κ1) is 9.24. The second-order valence-corrected chi connectivity index (χ2v) is 7.48. The van der Waals surface area contributed by atoms with Crippen LogP contribution >= 0.6 is 0 Å². The van der Waals surface area contributed by atoms with Crippen LogP contribution in [0.2, 0.25) is 0 Å². The molecule has 0 spiro atoms. The van der Waals surface area contributed by atoms with Crippen molar-refractivity contribution in [2.75, 3.05) is 0 Å². The molecule has 4 rings (SSSR count). The zero-order valence-corrected chi connectivity index (χ0v) is 10.0. The van der Waals surface area contributed by atoms with Gasteiger partial charge in [-0.05, 0) is 60.7 Å². The highest BCUT2D eigenvalue weighted by atomic mass is 14.6. The Balaban J connectivity index is 2.01. The zero-order valence-electron chi connectivity index (χ0n) is 10.0. The summed E-state index contributed by atoms with van der Waals surface area (Å²) in [5.74, 6) is 1.08. The summed E-state index contributed by atoms with van der Waals surface area (Å²) in [5.41, 5.74) is 2.22. The van der Waals surface area contributed by atoms with Crippen molar-refractivity contribution >= 4 is 0 Å². The van der Waals surface area contributed by atoms with Crippen molar-refractivity contribution in [3.05, 3.63) is 0 Å². The van der Waals surface area contributed by atoms with Crippen molar-refractivity contribution in [1.82, 2.24) is 0 Å². The molecule has 0 heteroatoms. The van der Waals surface area contributed by atoms with Gasteiger partial charge in [0.05, 0.1) is 0 Å². The Morgan fingerprint density at radius 2 is 1.50 bits per heavy atom. The molecule has 0 nitrogen and oxygen atoms in total. The summed E-state index contributed by atoms with van der Waals surface area (Å²) >= 11 is 0. The van der Waals surface area contributed by atoms with E-state index in [9.17, 15) is 0 Å². The third-order valence-electron chi connectivity index (χ3n) is 5.49. The molecule has 0 aromatic heterocycles. The molecule has 0 saturated heterocycles. The van der Waals surface area contributed by atoms with Crippen LogP contribution in [-0.4, -0.2) is 0 Å². The molecule has 0 radical (unpaired) electrons. The lowest BCUT2D eigenvalue weighted by atomic mass is 9.40. The molecule has 0 amide bonds. The lowest BCUT2D eigenvalue weighted by molar-refractivity contribution is -0.145. The topological polar surface area (TPSA) is 0 Å². The Hall–Kier alpha value is 0. The minimum atomic E-state index is 0.726. The Morgan fingerprint density at radius 1 is 0.929 bits per heavy atom. The first-order valence-electron chi connectivity index (χ1n) is 6.47. The standard InChI is InChI=1S/C14H24/c1-4-14-7-11-5-12(2,9-14)8-13(3,6-11)10-14/h11H,4-10H2,1-3H3. The predicted octanol–water partition coefficient (Wildman–Crippen LogP) is 4.39. The number of hydrogen-bond acceptors (Lipinski definition) is 0. The van der Waals surface area contributed by atoms with E-state index in [0.717, 1.165) is 22.2 Å². The van der Waals surface area contributed by atoms with E-state index in [0.29, 0.717) is 0 Å². The van der Waals surface area contributed by atoms with Crippen LogP contribution in [0.3, 0.4) is 0 Å². The van der Waals surface area contributed by atoms with Crippen LogP contribution in [0.25, 0.3) is 0 Å². The van der Waals surface area contributed by atoms with Crippen LogP contribution in [0, 0.1) is 22.2 Å². The molecule has 4 bridgehead atoms. The molecule has 0 aromatic rings. The van der Waals surface area contributed by atoms with E-state index in [-0.39, 0.29) is 0 Å². The molecular formula is C14H24. The SMILES string of the molecule is CCC12CC3CC(C)(CC(C)(C3)C1)C2. The third-order valence-corrected chi connectivity index (χ3v) is 5.49. The van der Waals surface area contributed by atoms with Gasteiger partial charge in [-0.3, -0.25) is 0 Å². The maximum atomic E-state index is 2.57. The molecular weight excluding hydrogens is 168 g/mol. The highest BCUT2D eigenvalue weighted by molar-refractivity contribution is 5.09. The molecule has 4 fully saturated rings. The van der Waals surface area contributed by atoms with Crippen LogP contribution < -0.4 is 0 Å². The van der Waals surface area contributed by atoms with Crippen LogP contribution in [0.1, 0.15) is 65.7 Å².